The first-order valence-electron chi connectivity index (χ1n) is 10.9. The van der Waals surface area contributed by atoms with Crippen LogP contribution in [0.25, 0.3) is 0 Å². The number of pyridine rings is 1. The predicted octanol–water partition coefficient (Wildman–Crippen LogP) is 5.71. The summed E-state index contributed by atoms with van der Waals surface area (Å²) in [7, 11) is 0. The molecule has 2 fully saturated rings. The molecule has 2 unspecified atom stereocenters. The monoisotopic (exact) mass is 513 g/mol. The van der Waals surface area contributed by atoms with Crippen molar-refractivity contribution in [1.82, 2.24) is 4.98 Å². The Morgan fingerprint density at radius 3 is 2.22 bits per heavy atom. The highest BCUT2D eigenvalue weighted by atomic mass is 79.9. The molecule has 1 aromatic carbocycles. The second-order valence-electron chi connectivity index (χ2n) is 8.13. The molecule has 9 heteroatoms. The van der Waals surface area contributed by atoms with Crippen molar-refractivity contribution in [3.63, 3.8) is 0 Å². The van der Waals surface area contributed by atoms with Gasteiger partial charge in [0.1, 0.15) is 6.10 Å². The van der Waals surface area contributed by atoms with Gasteiger partial charge in [-0.15, -0.1) is 0 Å². The van der Waals surface area contributed by atoms with Crippen molar-refractivity contribution in [1.29, 1.82) is 0 Å². The molecule has 32 heavy (non-hydrogen) atoms. The quantitative estimate of drug-likeness (QED) is 0.494. The molecule has 2 aromatic rings. The van der Waals surface area contributed by atoms with Gasteiger partial charge >= 0.3 is 6.18 Å². The molecule has 0 spiro atoms. The summed E-state index contributed by atoms with van der Waals surface area (Å²) in [6.45, 7) is 3.87. The summed E-state index contributed by atoms with van der Waals surface area (Å²) in [4.78, 5) is 8.88. The Bertz CT molecular complexity index is 850. The number of halogens is 4. The fraction of sp³-hybridized carbons (Fsp3) is 0.522. The first-order valence-corrected chi connectivity index (χ1v) is 11.7. The molecule has 0 bridgehead atoms. The van der Waals surface area contributed by atoms with Gasteiger partial charge in [-0.25, -0.2) is 0 Å². The van der Waals surface area contributed by atoms with Gasteiger partial charge in [0.05, 0.1) is 24.0 Å². The molecule has 0 saturated carbocycles. The summed E-state index contributed by atoms with van der Waals surface area (Å²) in [6, 6.07) is 11.7. The molecule has 3 heterocycles. The highest BCUT2D eigenvalue weighted by Gasteiger charge is 2.35. The van der Waals surface area contributed by atoms with Gasteiger partial charge in [0.15, 0.2) is 6.29 Å². The third-order valence-electron chi connectivity index (χ3n) is 5.81. The largest absolute Gasteiger partial charge is 0.391 e. The first kappa shape index (κ1) is 23.3. The number of anilines is 2. The molecule has 1 aromatic heterocycles. The van der Waals surface area contributed by atoms with E-state index in [9.17, 15) is 13.2 Å². The molecular weight excluding hydrogens is 487 g/mol. The number of hydrogen-bond acceptors (Lipinski definition) is 5. The van der Waals surface area contributed by atoms with Gasteiger partial charge in [-0.2, -0.15) is 13.2 Å². The van der Waals surface area contributed by atoms with Crippen LogP contribution in [0.5, 0.6) is 0 Å². The zero-order valence-corrected chi connectivity index (χ0v) is 19.3. The van der Waals surface area contributed by atoms with Crippen molar-refractivity contribution in [3.05, 3.63) is 52.8 Å². The Balaban J connectivity index is 1.38. The first-order chi connectivity index (χ1) is 15.4. The SMILES string of the molecule is FC(F)(F)CC(OC1CCCCO1)c1ccc(N2CCN(c3ccc(Br)cc3)CC2)cn1. The molecule has 2 aliphatic rings. The lowest BCUT2D eigenvalue weighted by Gasteiger charge is -2.37. The molecule has 0 radical (unpaired) electrons. The smallest absolute Gasteiger partial charge is 0.368 e. The number of piperazine rings is 1. The maximum Gasteiger partial charge on any atom is 0.391 e. The molecule has 2 aliphatic heterocycles. The maximum absolute atomic E-state index is 13.2. The highest BCUT2D eigenvalue weighted by Crippen LogP contribution is 2.34. The lowest BCUT2D eigenvalue weighted by atomic mass is 10.1. The molecule has 174 valence electrons. The van der Waals surface area contributed by atoms with Gasteiger partial charge in [0, 0.05) is 42.9 Å². The molecular formula is C23H27BrF3N3O2. The molecule has 0 aliphatic carbocycles. The van der Waals surface area contributed by atoms with E-state index >= 15 is 0 Å². The van der Waals surface area contributed by atoms with Gasteiger partial charge in [-0.3, -0.25) is 4.98 Å². The molecule has 0 N–H and O–H groups in total. The summed E-state index contributed by atoms with van der Waals surface area (Å²) >= 11 is 3.46. The Labute approximate surface area is 194 Å². The molecule has 2 saturated heterocycles. The van der Waals surface area contributed by atoms with Crippen molar-refractivity contribution < 1.29 is 22.6 Å². The average Bonchev–Trinajstić information content (AvgIpc) is 2.79. The summed E-state index contributed by atoms with van der Waals surface area (Å²) in [5.74, 6) is 0. The average molecular weight is 514 g/mol. The van der Waals surface area contributed by atoms with Crippen molar-refractivity contribution in [3.8, 4) is 0 Å². The number of ether oxygens (including phenoxy) is 2. The van der Waals surface area contributed by atoms with Gasteiger partial charge < -0.3 is 19.3 Å². The Hall–Kier alpha value is -1.84. The van der Waals surface area contributed by atoms with E-state index in [1.165, 1.54) is 5.69 Å². The van der Waals surface area contributed by atoms with Gasteiger partial charge in [-0.05, 0) is 55.7 Å². The van der Waals surface area contributed by atoms with E-state index in [-0.39, 0.29) is 5.69 Å². The van der Waals surface area contributed by atoms with Crippen LogP contribution < -0.4 is 9.80 Å². The maximum atomic E-state index is 13.2. The minimum Gasteiger partial charge on any atom is -0.368 e. The molecule has 2 atom stereocenters. The van der Waals surface area contributed by atoms with E-state index in [0.717, 1.165) is 49.2 Å². The van der Waals surface area contributed by atoms with E-state index < -0.39 is 25.0 Å². The Kier molecular flexibility index (Phi) is 7.58. The zero-order valence-electron chi connectivity index (χ0n) is 17.7. The number of nitrogens with zero attached hydrogens (tertiary/aromatic N) is 3. The van der Waals surface area contributed by atoms with Gasteiger partial charge in [0.25, 0.3) is 0 Å². The second-order valence-corrected chi connectivity index (χ2v) is 9.05. The van der Waals surface area contributed by atoms with Crippen LogP contribution >= 0.6 is 15.9 Å². The lowest BCUT2D eigenvalue weighted by molar-refractivity contribution is -0.222. The Morgan fingerprint density at radius 1 is 1.00 bits per heavy atom. The fourth-order valence-corrected chi connectivity index (χ4v) is 4.35. The summed E-state index contributed by atoms with van der Waals surface area (Å²) < 4.78 is 51.7. The van der Waals surface area contributed by atoms with E-state index in [2.05, 4.69) is 42.8 Å². The fourth-order valence-electron chi connectivity index (χ4n) is 4.08. The summed E-state index contributed by atoms with van der Waals surface area (Å²) in [5.41, 5.74) is 2.37. The molecule has 0 amide bonds. The number of rotatable bonds is 6. The van der Waals surface area contributed by atoms with Gasteiger partial charge in [-0.1, -0.05) is 15.9 Å². The number of benzene rings is 1. The van der Waals surface area contributed by atoms with E-state index in [0.29, 0.717) is 13.0 Å². The third-order valence-corrected chi connectivity index (χ3v) is 6.34. The second kappa shape index (κ2) is 10.4. The Morgan fingerprint density at radius 2 is 1.66 bits per heavy atom. The van der Waals surface area contributed by atoms with E-state index in [1.807, 2.05) is 18.2 Å². The van der Waals surface area contributed by atoms with Crippen LogP contribution in [0.3, 0.4) is 0 Å². The zero-order chi connectivity index (χ0) is 22.6. The normalized spacial score (nSPS) is 20.9. The minimum atomic E-state index is -4.34. The van der Waals surface area contributed by atoms with Crippen LogP contribution in [0.1, 0.15) is 37.5 Å². The summed E-state index contributed by atoms with van der Waals surface area (Å²) in [6.07, 6.45) is -3.14. The van der Waals surface area contributed by atoms with Crippen molar-refractivity contribution in [2.24, 2.45) is 0 Å². The van der Waals surface area contributed by atoms with E-state index in [4.69, 9.17) is 9.47 Å². The topological polar surface area (TPSA) is 37.8 Å². The lowest BCUT2D eigenvalue weighted by Crippen LogP contribution is -2.46. The van der Waals surface area contributed by atoms with Crippen molar-refractivity contribution >= 4 is 27.3 Å². The van der Waals surface area contributed by atoms with Crippen LogP contribution in [-0.2, 0) is 9.47 Å². The number of hydrogen-bond donors (Lipinski definition) is 0. The van der Waals surface area contributed by atoms with Crippen LogP contribution in [-0.4, -0.2) is 50.2 Å². The van der Waals surface area contributed by atoms with Gasteiger partial charge in [0.2, 0.25) is 0 Å². The highest BCUT2D eigenvalue weighted by molar-refractivity contribution is 9.10. The molecule has 5 nitrogen and oxygen atoms in total. The summed E-state index contributed by atoms with van der Waals surface area (Å²) in [5, 5.41) is 0. The van der Waals surface area contributed by atoms with Crippen molar-refractivity contribution in [2.45, 2.75) is 44.3 Å². The molecule has 4 rings (SSSR count). The minimum absolute atomic E-state index is 0.286. The van der Waals surface area contributed by atoms with Crippen LogP contribution in [0, 0.1) is 0 Å². The van der Waals surface area contributed by atoms with Crippen LogP contribution in [0.15, 0.2) is 47.1 Å². The predicted molar refractivity (Wildman–Crippen MR) is 121 cm³/mol. The third kappa shape index (κ3) is 6.36. The number of alkyl halides is 3. The standard InChI is InChI=1S/C23H27BrF3N3O2/c24-17-4-6-18(7-5-17)29-10-12-30(13-11-29)19-8-9-20(28-16-19)21(15-23(25,26)27)32-22-3-1-2-14-31-22/h4-9,16,21-22H,1-3,10-15H2. The van der Waals surface area contributed by atoms with Crippen LogP contribution in [0.4, 0.5) is 24.5 Å². The van der Waals surface area contributed by atoms with Crippen LogP contribution in [0.2, 0.25) is 0 Å². The van der Waals surface area contributed by atoms with E-state index in [1.54, 1.807) is 12.3 Å². The number of aromatic nitrogens is 1. The van der Waals surface area contributed by atoms with Crippen molar-refractivity contribution in [2.75, 3.05) is 42.6 Å².